The maximum atomic E-state index is 12.1. The number of likely N-dealkylation sites (tertiary alicyclic amines) is 1. The Bertz CT molecular complexity index is 415. The standard InChI is InChI=1S/C15H26N2O6/c1-3-5-7-23-15(21)17-10-11(18)8-12(17)14(20)16-9-13(19)22-6-4-2/h11-12,18H,3-10H2,1-2H3,(H,16,20). The number of ether oxygens (including phenoxy) is 2. The minimum absolute atomic E-state index is 0.0450. The lowest BCUT2D eigenvalue weighted by Gasteiger charge is -2.22. The third kappa shape index (κ3) is 6.43. The molecule has 0 saturated carbocycles. The first-order valence-electron chi connectivity index (χ1n) is 8.04. The lowest BCUT2D eigenvalue weighted by Crippen LogP contribution is -2.47. The van der Waals surface area contributed by atoms with E-state index in [0.717, 1.165) is 12.8 Å². The quantitative estimate of drug-likeness (QED) is 0.494. The molecular formula is C15H26N2O6. The van der Waals surface area contributed by atoms with Crippen LogP contribution in [0.3, 0.4) is 0 Å². The summed E-state index contributed by atoms with van der Waals surface area (Å²) in [5.41, 5.74) is 0. The van der Waals surface area contributed by atoms with E-state index in [1.54, 1.807) is 0 Å². The van der Waals surface area contributed by atoms with Crippen molar-refractivity contribution in [3.63, 3.8) is 0 Å². The Balaban J connectivity index is 2.49. The molecule has 2 amide bonds. The molecule has 1 heterocycles. The number of aliphatic hydroxyl groups is 1. The van der Waals surface area contributed by atoms with E-state index in [4.69, 9.17) is 9.47 Å². The largest absolute Gasteiger partial charge is 0.464 e. The van der Waals surface area contributed by atoms with Crippen LogP contribution in [0.4, 0.5) is 4.79 Å². The zero-order valence-corrected chi connectivity index (χ0v) is 13.7. The van der Waals surface area contributed by atoms with Crippen molar-refractivity contribution in [2.75, 3.05) is 26.3 Å². The van der Waals surface area contributed by atoms with Gasteiger partial charge in [0.1, 0.15) is 12.6 Å². The molecule has 0 aromatic heterocycles. The third-order valence-electron chi connectivity index (χ3n) is 3.41. The van der Waals surface area contributed by atoms with E-state index in [0.29, 0.717) is 13.0 Å². The molecule has 8 heteroatoms. The molecule has 1 fully saturated rings. The lowest BCUT2D eigenvalue weighted by molar-refractivity contribution is -0.144. The number of rotatable bonds is 8. The highest BCUT2D eigenvalue weighted by atomic mass is 16.6. The van der Waals surface area contributed by atoms with Gasteiger partial charge in [-0.15, -0.1) is 0 Å². The molecule has 1 aliphatic rings. The van der Waals surface area contributed by atoms with Crippen molar-refractivity contribution in [1.29, 1.82) is 0 Å². The van der Waals surface area contributed by atoms with Gasteiger partial charge in [-0.2, -0.15) is 0 Å². The maximum absolute atomic E-state index is 12.1. The third-order valence-corrected chi connectivity index (χ3v) is 3.41. The monoisotopic (exact) mass is 330 g/mol. The molecule has 132 valence electrons. The number of nitrogens with zero attached hydrogens (tertiary/aromatic N) is 1. The average Bonchev–Trinajstić information content (AvgIpc) is 2.92. The van der Waals surface area contributed by atoms with Crippen molar-refractivity contribution in [3.8, 4) is 0 Å². The number of unbranched alkanes of at least 4 members (excludes halogenated alkanes) is 1. The van der Waals surface area contributed by atoms with Gasteiger partial charge in [0.25, 0.3) is 0 Å². The fourth-order valence-corrected chi connectivity index (χ4v) is 2.19. The van der Waals surface area contributed by atoms with Crippen LogP contribution in [0.5, 0.6) is 0 Å². The molecule has 0 spiro atoms. The second-order valence-electron chi connectivity index (χ2n) is 5.46. The van der Waals surface area contributed by atoms with E-state index in [1.807, 2.05) is 13.8 Å². The zero-order valence-electron chi connectivity index (χ0n) is 13.7. The lowest BCUT2D eigenvalue weighted by atomic mass is 10.2. The SMILES string of the molecule is CCCCOC(=O)N1CC(O)CC1C(=O)NCC(=O)OCCC. The van der Waals surface area contributed by atoms with Gasteiger partial charge >= 0.3 is 12.1 Å². The molecule has 2 N–H and O–H groups in total. The van der Waals surface area contributed by atoms with E-state index in [2.05, 4.69) is 5.32 Å². The highest BCUT2D eigenvalue weighted by molar-refractivity contribution is 5.88. The molecule has 2 atom stereocenters. The van der Waals surface area contributed by atoms with Gasteiger partial charge in [-0.25, -0.2) is 4.79 Å². The molecule has 0 aromatic carbocycles. The number of carbonyl (C=O) groups excluding carboxylic acids is 3. The average molecular weight is 330 g/mol. The number of hydrogen-bond acceptors (Lipinski definition) is 6. The van der Waals surface area contributed by atoms with E-state index in [-0.39, 0.29) is 26.1 Å². The van der Waals surface area contributed by atoms with Crippen molar-refractivity contribution >= 4 is 18.0 Å². The highest BCUT2D eigenvalue weighted by Crippen LogP contribution is 2.19. The molecule has 0 aliphatic carbocycles. The van der Waals surface area contributed by atoms with Crippen LogP contribution in [0.2, 0.25) is 0 Å². The van der Waals surface area contributed by atoms with Crippen molar-refractivity contribution in [1.82, 2.24) is 10.2 Å². The Morgan fingerprint density at radius 3 is 2.57 bits per heavy atom. The first kappa shape index (κ1) is 19.2. The first-order valence-corrected chi connectivity index (χ1v) is 8.04. The summed E-state index contributed by atoms with van der Waals surface area (Å²) in [6.45, 7) is 4.20. The fourth-order valence-electron chi connectivity index (χ4n) is 2.19. The summed E-state index contributed by atoms with van der Waals surface area (Å²) in [6, 6.07) is -0.835. The summed E-state index contributed by atoms with van der Waals surface area (Å²) < 4.78 is 9.93. The number of carbonyl (C=O) groups is 3. The van der Waals surface area contributed by atoms with Gasteiger partial charge < -0.3 is 19.9 Å². The van der Waals surface area contributed by atoms with Gasteiger partial charge in [-0.1, -0.05) is 20.3 Å². The van der Waals surface area contributed by atoms with Gasteiger partial charge in [0.05, 0.1) is 25.9 Å². The molecule has 1 rings (SSSR count). The summed E-state index contributed by atoms with van der Waals surface area (Å²) in [4.78, 5) is 36.7. The van der Waals surface area contributed by atoms with Crippen LogP contribution >= 0.6 is 0 Å². The Labute approximate surface area is 136 Å². The van der Waals surface area contributed by atoms with Gasteiger partial charge in [0, 0.05) is 6.42 Å². The molecule has 0 radical (unpaired) electrons. The van der Waals surface area contributed by atoms with Crippen molar-refractivity contribution in [3.05, 3.63) is 0 Å². The maximum Gasteiger partial charge on any atom is 0.410 e. The summed E-state index contributed by atoms with van der Waals surface area (Å²) in [5, 5.41) is 12.1. The minimum atomic E-state index is -0.835. The summed E-state index contributed by atoms with van der Waals surface area (Å²) in [5.74, 6) is -1.03. The van der Waals surface area contributed by atoms with E-state index < -0.39 is 30.1 Å². The Kier molecular flexibility index (Phi) is 8.39. The van der Waals surface area contributed by atoms with Crippen LogP contribution in [0.1, 0.15) is 39.5 Å². The minimum Gasteiger partial charge on any atom is -0.464 e. The van der Waals surface area contributed by atoms with Crippen molar-refractivity contribution in [2.24, 2.45) is 0 Å². The van der Waals surface area contributed by atoms with E-state index in [1.165, 1.54) is 4.90 Å². The summed E-state index contributed by atoms with van der Waals surface area (Å²) >= 11 is 0. The van der Waals surface area contributed by atoms with Crippen LogP contribution in [0.15, 0.2) is 0 Å². The Morgan fingerprint density at radius 1 is 1.17 bits per heavy atom. The molecule has 0 aromatic rings. The molecular weight excluding hydrogens is 304 g/mol. The Hall–Kier alpha value is -1.83. The van der Waals surface area contributed by atoms with Crippen molar-refractivity contribution < 1.29 is 29.0 Å². The molecule has 1 saturated heterocycles. The summed E-state index contributed by atoms with van der Waals surface area (Å²) in [6.07, 6.45) is 1.05. The van der Waals surface area contributed by atoms with Gasteiger partial charge in [-0.3, -0.25) is 14.5 Å². The molecule has 2 unspecified atom stereocenters. The van der Waals surface area contributed by atoms with Gasteiger partial charge in [0.15, 0.2) is 0 Å². The predicted octanol–water partition coefficient (Wildman–Crippen LogP) is 0.428. The van der Waals surface area contributed by atoms with E-state index in [9.17, 15) is 19.5 Å². The molecule has 1 aliphatic heterocycles. The number of esters is 1. The number of nitrogens with one attached hydrogen (secondary N) is 1. The normalized spacial score (nSPS) is 20.2. The second kappa shape index (κ2) is 10.0. The van der Waals surface area contributed by atoms with Crippen LogP contribution in [-0.2, 0) is 19.1 Å². The van der Waals surface area contributed by atoms with Gasteiger partial charge in [-0.05, 0) is 12.8 Å². The number of β-amino-alcohol motifs (C(OH)–C–C–N with tert-alkyl or cyclic N) is 1. The number of aliphatic hydroxyl groups excluding tert-OH is 1. The van der Waals surface area contributed by atoms with Crippen LogP contribution in [0, 0.1) is 0 Å². The molecule has 0 bridgehead atoms. The second-order valence-corrected chi connectivity index (χ2v) is 5.46. The smallest absolute Gasteiger partial charge is 0.410 e. The van der Waals surface area contributed by atoms with Crippen LogP contribution in [0.25, 0.3) is 0 Å². The molecule has 23 heavy (non-hydrogen) atoms. The zero-order chi connectivity index (χ0) is 17.2. The van der Waals surface area contributed by atoms with Crippen LogP contribution < -0.4 is 5.32 Å². The first-order chi connectivity index (χ1) is 11.0. The Morgan fingerprint density at radius 2 is 1.91 bits per heavy atom. The highest BCUT2D eigenvalue weighted by Gasteiger charge is 2.39. The topological polar surface area (TPSA) is 105 Å². The number of amides is 2. The van der Waals surface area contributed by atoms with E-state index >= 15 is 0 Å². The van der Waals surface area contributed by atoms with Crippen molar-refractivity contribution in [2.45, 2.75) is 51.7 Å². The summed E-state index contributed by atoms with van der Waals surface area (Å²) in [7, 11) is 0. The molecule has 8 nitrogen and oxygen atoms in total. The number of hydrogen-bond donors (Lipinski definition) is 2. The van der Waals surface area contributed by atoms with Gasteiger partial charge in [0.2, 0.25) is 5.91 Å². The fraction of sp³-hybridized carbons (Fsp3) is 0.800. The predicted molar refractivity (Wildman–Crippen MR) is 81.6 cm³/mol. The van der Waals surface area contributed by atoms with Crippen LogP contribution in [-0.4, -0.2) is 66.4 Å².